The van der Waals surface area contributed by atoms with Crippen LogP contribution < -0.4 is 5.73 Å². The lowest BCUT2D eigenvalue weighted by Gasteiger charge is -2.05. The van der Waals surface area contributed by atoms with E-state index in [0.29, 0.717) is 6.42 Å². The average Bonchev–Trinajstić information content (AvgIpc) is 2.19. The summed E-state index contributed by atoms with van der Waals surface area (Å²) in [5, 5.41) is 9.13. The monoisotopic (exact) mass is 229 g/mol. The zero-order valence-electron chi connectivity index (χ0n) is 8.43. The fourth-order valence-electron chi connectivity index (χ4n) is 1.29. The van der Waals surface area contributed by atoms with E-state index in [4.69, 9.17) is 10.8 Å². The third-order valence-electron chi connectivity index (χ3n) is 2.11. The molecule has 1 amide bonds. The summed E-state index contributed by atoms with van der Waals surface area (Å²) in [6.45, 7) is 0. The molecule has 0 aromatic heterocycles. The molecule has 1 aromatic rings. The fourth-order valence-corrected chi connectivity index (χ4v) is 1.29. The molecule has 1 unspecified atom stereocenters. The summed E-state index contributed by atoms with van der Waals surface area (Å²) in [6, 6.07) is 9.95. The van der Waals surface area contributed by atoms with Crippen LogP contribution in [-0.4, -0.2) is 17.1 Å². The first kappa shape index (κ1) is 13.9. The van der Waals surface area contributed by atoms with E-state index in [2.05, 4.69) is 0 Å². The Hall–Kier alpha value is -1.06. The fraction of sp³-hybridized carbons (Fsp3) is 0.364. The van der Waals surface area contributed by atoms with Crippen LogP contribution in [-0.2, 0) is 11.2 Å². The van der Waals surface area contributed by atoms with Gasteiger partial charge in [0.25, 0.3) is 0 Å². The lowest BCUT2D eigenvalue weighted by molar-refractivity contribution is -0.126. The molecule has 0 aliphatic rings. The van der Waals surface area contributed by atoms with E-state index in [1.54, 1.807) is 0 Å². The number of nitrogens with two attached hydrogens (primary N) is 1. The van der Waals surface area contributed by atoms with Gasteiger partial charge in [0.05, 0.1) is 0 Å². The molecule has 0 heterocycles. The number of halogens is 1. The Morgan fingerprint density at radius 1 is 1.33 bits per heavy atom. The van der Waals surface area contributed by atoms with E-state index in [0.717, 1.165) is 12.8 Å². The third kappa shape index (κ3) is 5.40. The van der Waals surface area contributed by atoms with Crippen molar-refractivity contribution >= 4 is 18.3 Å². The maximum absolute atomic E-state index is 10.5. The molecule has 15 heavy (non-hydrogen) atoms. The number of amides is 1. The Morgan fingerprint density at radius 2 is 1.93 bits per heavy atom. The molecule has 3 nitrogen and oxygen atoms in total. The van der Waals surface area contributed by atoms with Crippen molar-refractivity contribution in [3.63, 3.8) is 0 Å². The lowest BCUT2D eigenvalue weighted by Crippen LogP contribution is -2.28. The smallest absolute Gasteiger partial charge is 0.246 e. The first-order valence-electron chi connectivity index (χ1n) is 4.71. The molecule has 0 saturated carbocycles. The van der Waals surface area contributed by atoms with E-state index >= 15 is 0 Å². The number of aliphatic hydroxyl groups is 1. The van der Waals surface area contributed by atoms with E-state index in [1.807, 2.05) is 30.3 Å². The number of aliphatic hydroxyl groups excluding tert-OH is 1. The highest BCUT2D eigenvalue weighted by Crippen LogP contribution is 2.06. The van der Waals surface area contributed by atoms with Gasteiger partial charge >= 0.3 is 0 Å². The SMILES string of the molecule is Cl.NC(=O)C(O)CCCc1ccccc1. The summed E-state index contributed by atoms with van der Waals surface area (Å²) in [4.78, 5) is 10.5. The predicted octanol–water partition coefficient (Wildman–Crippen LogP) is 1.28. The molecule has 0 spiro atoms. The predicted molar refractivity (Wildman–Crippen MR) is 61.8 cm³/mol. The summed E-state index contributed by atoms with van der Waals surface area (Å²) in [7, 11) is 0. The molecule has 0 aliphatic carbocycles. The molecular weight excluding hydrogens is 214 g/mol. The Labute approximate surface area is 95.7 Å². The van der Waals surface area contributed by atoms with Crippen molar-refractivity contribution in [3.05, 3.63) is 35.9 Å². The molecule has 1 atom stereocenters. The number of benzene rings is 1. The van der Waals surface area contributed by atoms with Crippen molar-refractivity contribution in [2.75, 3.05) is 0 Å². The molecule has 3 N–H and O–H groups in total. The Balaban J connectivity index is 0.00000196. The maximum atomic E-state index is 10.5. The third-order valence-corrected chi connectivity index (χ3v) is 2.11. The van der Waals surface area contributed by atoms with Gasteiger partial charge in [0.15, 0.2) is 0 Å². The standard InChI is InChI=1S/C11H15NO2.ClH/c12-11(14)10(13)8-4-7-9-5-2-1-3-6-9;/h1-3,5-6,10,13H,4,7-8H2,(H2,12,14);1H. The topological polar surface area (TPSA) is 63.3 Å². The number of aryl methyl sites for hydroxylation is 1. The Bertz CT molecular complexity index is 290. The van der Waals surface area contributed by atoms with Crippen LogP contribution in [0.15, 0.2) is 30.3 Å². The van der Waals surface area contributed by atoms with E-state index < -0.39 is 12.0 Å². The minimum absolute atomic E-state index is 0. The van der Waals surface area contributed by atoms with Crippen molar-refractivity contribution in [2.45, 2.75) is 25.4 Å². The second kappa shape index (κ2) is 7.26. The number of rotatable bonds is 5. The number of carbonyl (C=O) groups is 1. The van der Waals surface area contributed by atoms with Crippen molar-refractivity contribution in [2.24, 2.45) is 5.73 Å². The first-order valence-corrected chi connectivity index (χ1v) is 4.71. The second-order valence-electron chi connectivity index (χ2n) is 3.30. The molecule has 0 radical (unpaired) electrons. The van der Waals surface area contributed by atoms with Crippen molar-refractivity contribution < 1.29 is 9.90 Å². The van der Waals surface area contributed by atoms with Gasteiger partial charge in [-0.25, -0.2) is 0 Å². The summed E-state index contributed by atoms with van der Waals surface area (Å²) in [5.74, 6) is -0.641. The van der Waals surface area contributed by atoms with E-state index in [9.17, 15) is 4.79 Å². The highest BCUT2D eigenvalue weighted by molar-refractivity contribution is 5.85. The molecule has 0 bridgehead atoms. The molecule has 1 rings (SSSR count). The minimum atomic E-state index is -1.00. The van der Waals surface area contributed by atoms with Gasteiger partial charge in [-0.3, -0.25) is 4.79 Å². The van der Waals surface area contributed by atoms with E-state index in [1.165, 1.54) is 5.56 Å². The largest absolute Gasteiger partial charge is 0.383 e. The number of primary amides is 1. The Morgan fingerprint density at radius 3 is 2.47 bits per heavy atom. The Kier molecular flexibility index (Phi) is 6.75. The van der Waals surface area contributed by atoms with Gasteiger partial charge in [-0.2, -0.15) is 0 Å². The van der Waals surface area contributed by atoms with Crippen LogP contribution in [0.5, 0.6) is 0 Å². The van der Waals surface area contributed by atoms with Crippen LogP contribution in [0.2, 0.25) is 0 Å². The summed E-state index contributed by atoms with van der Waals surface area (Å²) in [6.07, 6.45) is 1.07. The van der Waals surface area contributed by atoms with Gasteiger partial charge in [-0.1, -0.05) is 30.3 Å². The zero-order chi connectivity index (χ0) is 10.4. The summed E-state index contributed by atoms with van der Waals surface area (Å²) in [5.41, 5.74) is 6.14. The van der Waals surface area contributed by atoms with Crippen LogP contribution >= 0.6 is 12.4 Å². The van der Waals surface area contributed by atoms with Gasteiger partial charge in [-0.15, -0.1) is 12.4 Å². The molecule has 0 fully saturated rings. The van der Waals surface area contributed by atoms with Gasteiger partial charge < -0.3 is 10.8 Å². The van der Waals surface area contributed by atoms with Crippen LogP contribution in [0.3, 0.4) is 0 Å². The molecule has 4 heteroatoms. The maximum Gasteiger partial charge on any atom is 0.246 e. The number of hydrogen-bond donors (Lipinski definition) is 2. The summed E-state index contributed by atoms with van der Waals surface area (Å²) >= 11 is 0. The molecule has 0 aliphatic heterocycles. The van der Waals surface area contributed by atoms with E-state index in [-0.39, 0.29) is 12.4 Å². The first-order chi connectivity index (χ1) is 6.70. The van der Waals surface area contributed by atoms with Crippen LogP contribution in [0, 0.1) is 0 Å². The molecule has 1 aromatic carbocycles. The number of hydrogen-bond acceptors (Lipinski definition) is 2. The number of carbonyl (C=O) groups excluding carboxylic acids is 1. The van der Waals surface area contributed by atoms with Crippen molar-refractivity contribution in [3.8, 4) is 0 Å². The molecular formula is C11H16ClNO2. The minimum Gasteiger partial charge on any atom is -0.383 e. The van der Waals surface area contributed by atoms with Gasteiger partial charge in [0, 0.05) is 0 Å². The lowest BCUT2D eigenvalue weighted by atomic mass is 10.1. The van der Waals surface area contributed by atoms with Crippen molar-refractivity contribution in [1.29, 1.82) is 0 Å². The van der Waals surface area contributed by atoms with Gasteiger partial charge in [0.2, 0.25) is 5.91 Å². The van der Waals surface area contributed by atoms with Crippen LogP contribution in [0.25, 0.3) is 0 Å². The summed E-state index contributed by atoms with van der Waals surface area (Å²) < 4.78 is 0. The molecule has 0 saturated heterocycles. The normalized spacial score (nSPS) is 11.5. The van der Waals surface area contributed by atoms with Gasteiger partial charge in [0.1, 0.15) is 6.10 Å². The molecule has 84 valence electrons. The van der Waals surface area contributed by atoms with Crippen LogP contribution in [0.1, 0.15) is 18.4 Å². The second-order valence-corrected chi connectivity index (χ2v) is 3.30. The highest BCUT2D eigenvalue weighted by Gasteiger charge is 2.09. The van der Waals surface area contributed by atoms with Crippen LogP contribution in [0.4, 0.5) is 0 Å². The quantitative estimate of drug-likeness (QED) is 0.799. The van der Waals surface area contributed by atoms with Crippen molar-refractivity contribution in [1.82, 2.24) is 0 Å². The highest BCUT2D eigenvalue weighted by atomic mass is 35.5. The zero-order valence-corrected chi connectivity index (χ0v) is 9.24. The van der Waals surface area contributed by atoms with Gasteiger partial charge in [-0.05, 0) is 24.8 Å². The average molecular weight is 230 g/mol.